The van der Waals surface area contributed by atoms with E-state index in [-0.39, 0.29) is 23.9 Å². The second kappa shape index (κ2) is 5.72. The van der Waals surface area contributed by atoms with E-state index in [9.17, 15) is 9.59 Å². The summed E-state index contributed by atoms with van der Waals surface area (Å²) in [5, 5.41) is 6.95. The summed E-state index contributed by atoms with van der Waals surface area (Å²) >= 11 is 1.51. The van der Waals surface area contributed by atoms with Crippen molar-refractivity contribution in [2.75, 3.05) is 11.1 Å². The fraction of sp³-hybridized carbons (Fsp3) is 0.385. The Morgan fingerprint density at radius 1 is 1.62 bits per heavy atom. The molecule has 1 aliphatic heterocycles. The van der Waals surface area contributed by atoms with Crippen LogP contribution in [0.15, 0.2) is 32.9 Å². The van der Waals surface area contributed by atoms with Gasteiger partial charge in [0.25, 0.3) is 5.56 Å². The standard InChI is InChI=1S/C13H14N4O3S/c1-2-8-5-12(19)17-9(7-21-13(17)14-8)6-11(18)15-10-3-4-20-16-10/h3-5,9H,2,6-7H2,1H3,(H,15,16,18)/t9-/m0/s1. The molecule has 1 aliphatic rings. The van der Waals surface area contributed by atoms with Crippen molar-refractivity contribution in [3.05, 3.63) is 34.4 Å². The molecule has 0 saturated heterocycles. The first-order valence-electron chi connectivity index (χ1n) is 6.63. The van der Waals surface area contributed by atoms with Crippen molar-refractivity contribution in [1.82, 2.24) is 14.7 Å². The molecule has 0 fully saturated rings. The van der Waals surface area contributed by atoms with Gasteiger partial charge in [0.2, 0.25) is 5.91 Å². The molecule has 21 heavy (non-hydrogen) atoms. The lowest BCUT2D eigenvalue weighted by Crippen LogP contribution is -2.27. The quantitative estimate of drug-likeness (QED) is 0.860. The molecule has 0 saturated carbocycles. The van der Waals surface area contributed by atoms with Crippen molar-refractivity contribution in [3.63, 3.8) is 0 Å². The molecule has 1 N–H and O–H groups in total. The molecule has 3 heterocycles. The molecule has 7 nitrogen and oxygen atoms in total. The molecule has 0 aliphatic carbocycles. The number of nitrogens with zero attached hydrogens (tertiary/aromatic N) is 3. The minimum atomic E-state index is -0.200. The van der Waals surface area contributed by atoms with Gasteiger partial charge in [0, 0.05) is 30.0 Å². The highest BCUT2D eigenvalue weighted by Crippen LogP contribution is 2.32. The minimum Gasteiger partial charge on any atom is -0.363 e. The molecular weight excluding hydrogens is 292 g/mol. The fourth-order valence-corrected chi connectivity index (χ4v) is 3.38. The molecular formula is C13H14N4O3S. The highest BCUT2D eigenvalue weighted by molar-refractivity contribution is 7.99. The molecule has 0 radical (unpaired) electrons. The van der Waals surface area contributed by atoms with Crippen molar-refractivity contribution in [2.45, 2.75) is 31.0 Å². The number of amides is 1. The number of aryl methyl sites for hydroxylation is 1. The Morgan fingerprint density at radius 3 is 3.19 bits per heavy atom. The van der Waals surface area contributed by atoms with Crippen LogP contribution in [0, 0.1) is 0 Å². The summed E-state index contributed by atoms with van der Waals surface area (Å²) in [6.45, 7) is 1.96. The topological polar surface area (TPSA) is 90.0 Å². The van der Waals surface area contributed by atoms with Crippen molar-refractivity contribution < 1.29 is 9.32 Å². The Morgan fingerprint density at radius 2 is 2.48 bits per heavy atom. The third-order valence-electron chi connectivity index (χ3n) is 3.23. The Balaban J connectivity index is 1.75. The maximum absolute atomic E-state index is 12.2. The monoisotopic (exact) mass is 306 g/mol. The Hall–Kier alpha value is -2.09. The van der Waals surface area contributed by atoms with Gasteiger partial charge in [-0.3, -0.25) is 14.2 Å². The van der Waals surface area contributed by atoms with Crippen molar-refractivity contribution in [3.8, 4) is 0 Å². The number of hydrogen-bond donors (Lipinski definition) is 1. The zero-order chi connectivity index (χ0) is 14.8. The van der Waals surface area contributed by atoms with Crippen LogP contribution in [-0.4, -0.2) is 26.4 Å². The number of fused-ring (bicyclic) bond motifs is 1. The van der Waals surface area contributed by atoms with Gasteiger partial charge in [-0.05, 0) is 6.42 Å². The third-order valence-corrected chi connectivity index (χ3v) is 4.33. The van der Waals surface area contributed by atoms with Crippen LogP contribution in [0.1, 0.15) is 25.1 Å². The maximum Gasteiger partial charge on any atom is 0.254 e. The van der Waals surface area contributed by atoms with E-state index in [4.69, 9.17) is 0 Å². The first-order valence-corrected chi connectivity index (χ1v) is 7.61. The zero-order valence-electron chi connectivity index (χ0n) is 11.4. The first kappa shape index (κ1) is 13.9. The van der Waals surface area contributed by atoms with Crippen molar-refractivity contribution >= 4 is 23.5 Å². The highest BCUT2D eigenvalue weighted by Gasteiger charge is 2.27. The number of thioether (sulfide) groups is 1. The normalized spacial score (nSPS) is 16.7. The molecule has 2 aromatic rings. The van der Waals surface area contributed by atoms with Gasteiger partial charge in [-0.1, -0.05) is 23.8 Å². The van der Waals surface area contributed by atoms with Gasteiger partial charge < -0.3 is 9.84 Å². The van der Waals surface area contributed by atoms with Crippen LogP contribution in [0.2, 0.25) is 0 Å². The second-order valence-electron chi connectivity index (χ2n) is 4.69. The van der Waals surface area contributed by atoms with Crippen molar-refractivity contribution in [1.29, 1.82) is 0 Å². The predicted octanol–water partition coefficient (Wildman–Crippen LogP) is 1.47. The lowest BCUT2D eigenvalue weighted by Gasteiger charge is -2.12. The van der Waals surface area contributed by atoms with Gasteiger partial charge >= 0.3 is 0 Å². The van der Waals surface area contributed by atoms with Crippen LogP contribution in [0.4, 0.5) is 5.82 Å². The van der Waals surface area contributed by atoms with Gasteiger partial charge in [0.1, 0.15) is 6.26 Å². The Labute approximate surface area is 124 Å². The van der Waals surface area contributed by atoms with Crippen LogP contribution >= 0.6 is 11.8 Å². The van der Waals surface area contributed by atoms with Crippen LogP contribution in [0.3, 0.4) is 0 Å². The largest absolute Gasteiger partial charge is 0.363 e. The van der Waals surface area contributed by atoms with Gasteiger partial charge in [0.05, 0.1) is 6.04 Å². The van der Waals surface area contributed by atoms with E-state index < -0.39 is 0 Å². The van der Waals surface area contributed by atoms with Gasteiger partial charge in [0.15, 0.2) is 11.0 Å². The lowest BCUT2D eigenvalue weighted by molar-refractivity contribution is -0.116. The molecule has 2 aromatic heterocycles. The Kier molecular flexibility index (Phi) is 3.78. The number of nitrogens with one attached hydrogen (secondary N) is 1. The number of carbonyl (C=O) groups excluding carboxylic acids is 1. The van der Waals surface area contributed by atoms with Gasteiger partial charge in [-0.15, -0.1) is 0 Å². The summed E-state index contributed by atoms with van der Waals surface area (Å²) in [6, 6.07) is 2.93. The van der Waals surface area contributed by atoms with Crippen molar-refractivity contribution in [2.24, 2.45) is 0 Å². The number of aromatic nitrogens is 3. The molecule has 0 unspecified atom stereocenters. The summed E-state index contributed by atoms with van der Waals surface area (Å²) in [5.41, 5.74) is 0.688. The minimum absolute atomic E-state index is 0.0962. The molecule has 110 valence electrons. The average molecular weight is 306 g/mol. The summed E-state index contributed by atoms with van der Waals surface area (Å²) in [6.07, 6.45) is 2.32. The van der Waals surface area contributed by atoms with Crippen LogP contribution in [0.25, 0.3) is 0 Å². The van der Waals surface area contributed by atoms with Crippen LogP contribution < -0.4 is 10.9 Å². The highest BCUT2D eigenvalue weighted by atomic mass is 32.2. The van der Waals surface area contributed by atoms with E-state index in [1.807, 2.05) is 6.92 Å². The summed E-state index contributed by atoms with van der Waals surface area (Å²) < 4.78 is 6.26. The summed E-state index contributed by atoms with van der Waals surface area (Å²) in [5.74, 6) is 0.841. The maximum atomic E-state index is 12.2. The Bertz CT molecular complexity index is 711. The van der Waals surface area contributed by atoms with Crippen LogP contribution in [0.5, 0.6) is 0 Å². The number of rotatable bonds is 4. The summed E-state index contributed by atoms with van der Waals surface area (Å²) in [4.78, 5) is 28.6. The molecule has 1 amide bonds. The van der Waals surface area contributed by atoms with E-state index in [0.29, 0.717) is 16.7 Å². The van der Waals surface area contributed by atoms with Crippen LogP contribution in [-0.2, 0) is 11.2 Å². The lowest BCUT2D eigenvalue weighted by atomic mass is 10.2. The van der Waals surface area contributed by atoms with E-state index in [1.165, 1.54) is 24.1 Å². The molecule has 8 heteroatoms. The number of carbonyl (C=O) groups is 1. The van der Waals surface area contributed by atoms with Gasteiger partial charge in [-0.2, -0.15) is 0 Å². The molecule has 0 spiro atoms. The predicted molar refractivity (Wildman–Crippen MR) is 77.4 cm³/mol. The molecule has 3 rings (SSSR count). The molecule has 0 bridgehead atoms. The fourth-order valence-electron chi connectivity index (χ4n) is 2.21. The van der Waals surface area contributed by atoms with E-state index in [2.05, 4.69) is 20.0 Å². The average Bonchev–Trinajstić information content (AvgIpc) is 3.09. The second-order valence-corrected chi connectivity index (χ2v) is 5.68. The SMILES string of the molecule is CCc1cc(=O)n2c(n1)SC[C@@H]2CC(=O)Nc1ccon1. The van der Waals surface area contributed by atoms with E-state index >= 15 is 0 Å². The number of anilines is 1. The van der Waals surface area contributed by atoms with E-state index in [1.54, 1.807) is 10.6 Å². The first-order chi connectivity index (χ1) is 10.2. The summed E-state index contributed by atoms with van der Waals surface area (Å²) in [7, 11) is 0. The third kappa shape index (κ3) is 2.85. The molecule has 1 atom stereocenters. The smallest absolute Gasteiger partial charge is 0.254 e. The van der Waals surface area contributed by atoms with E-state index in [0.717, 1.165) is 12.1 Å². The molecule has 0 aromatic carbocycles. The zero-order valence-corrected chi connectivity index (χ0v) is 12.2. The van der Waals surface area contributed by atoms with Gasteiger partial charge in [-0.25, -0.2) is 4.98 Å². The number of hydrogen-bond acceptors (Lipinski definition) is 6.